The molecule has 0 aromatic carbocycles. The first-order chi connectivity index (χ1) is 9.26. The molecule has 0 aromatic rings. The highest BCUT2D eigenvalue weighted by Crippen LogP contribution is 2.58. The van der Waals surface area contributed by atoms with Gasteiger partial charge in [-0.1, -0.05) is 0 Å². The Morgan fingerprint density at radius 2 is 1.85 bits per heavy atom. The Balaban J connectivity index is 2.06. The SMILES string of the molecule is NC(=O)C1CNCC12CNC2(C(=O)C1CC1)C(F)(F)F. The number of halogens is 3. The standard InChI is InChI=1S/C12H16F3N3O2/c13-12(14,15)11(8(19)6-1-2-6)10(5-18-11)4-17-3-7(10)9(16)20/h6-7,17-18H,1-5H2,(H2,16,20). The maximum Gasteiger partial charge on any atom is 0.414 e. The van der Waals surface area contributed by atoms with Crippen LogP contribution in [0.1, 0.15) is 12.8 Å². The number of ketones is 1. The Morgan fingerprint density at radius 1 is 1.20 bits per heavy atom. The smallest absolute Gasteiger partial charge is 0.369 e. The fraction of sp³-hybridized carbons (Fsp3) is 0.833. The van der Waals surface area contributed by atoms with E-state index in [4.69, 9.17) is 5.73 Å². The van der Waals surface area contributed by atoms with E-state index in [1.165, 1.54) is 0 Å². The van der Waals surface area contributed by atoms with Crippen LogP contribution in [0.2, 0.25) is 0 Å². The van der Waals surface area contributed by atoms with Crippen LogP contribution in [0.15, 0.2) is 0 Å². The van der Waals surface area contributed by atoms with Crippen LogP contribution in [0.4, 0.5) is 13.2 Å². The molecule has 2 heterocycles. The van der Waals surface area contributed by atoms with Crippen molar-refractivity contribution in [2.45, 2.75) is 24.6 Å². The molecule has 2 saturated heterocycles. The van der Waals surface area contributed by atoms with E-state index in [9.17, 15) is 22.8 Å². The van der Waals surface area contributed by atoms with Gasteiger partial charge in [0.15, 0.2) is 11.3 Å². The van der Waals surface area contributed by atoms with Crippen molar-refractivity contribution in [3.8, 4) is 0 Å². The molecular formula is C12H16F3N3O2. The average molecular weight is 291 g/mol. The number of hydrogen-bond acceptors (Lipinski definition) is 4. The number of alkyl halides is 3. The van der Waals surface area contributed by atoms with Crippen LogP contribution in [0, 0.1) is 17.3 Å². The molecule has 1 saturated carbocycles. The van der Waals surface area contributed by atoms with Gasteiger partial charge in [-0.2, -0.15) is 13.2 Å². The van der Waals surface area contributed by atoms with Gasteiger partial charge in [-0.3, -0.25) is 14.9 Å². The topological polar surface area (TPSA) is 84.2 Å². The minimum Gasteiger partial charge on any atom is -0.369 e. The van der Waals surface area contributed by atoms with Crippen molar-refractivity contribution in [3.63, 3.8) is 0 Å². The first-order valence-electron chi connectivity index (χ1n) is 6.62. The number of nitrogens with one attached hydrogen (secondary N) is 2. The lowest BCUT2D eigenvalue weighted by Gasteiger charge is -2.59. The molecule has 0 aromatic heterocycles. The summed E-state index contributed by atoms with van der Waals surface area (Å²) >= 11 is 0. The van der Waals surface area contributed by atoms with Gasteiger partial charge in [0.2, 0.25) is 5.91 Å². The van der Waals surface area contributed by atoms with E-state index in [1.807, 2.05) is 0 Å². The van der Waals surface area contributed by atoms with E-state index in [0.717, 1.165) is 0 Å². The molecule has 3 unspecified atom stereocenters. The predicted molar refractivity (Wildman–Crippen MR) is 62.5 cm³/mol. The van der Waals surface area contributed by atoms with Gasteiger partial charge in [0.1, 0.15) is 0 Å². The first kappa shape index (κ1) is 13.8. The van der Waals surface area contributed by atoms with Gasteiger partial charge >= 0.3 is 6.18 Å². The van der Waals surface area contributed by atoms with Crippen molar-refractivity contribution in [1.82, 2.24) is 10.6 Å². The Bertz CT molecular complexity index is 477. The summed E-state index contributed by atoms with van der Waals surface area (Å²) < 4.78 is 41.0. The molecule has 3 aliphatic rings. The number of rotatable bonds is 3. The Hall–Kier alpha value is -1.15. The number of amides is 1. The highest BCUT2D eigenvalue weighted by atomic mass is 19.4. The van der Waals surface area contributed by atoms with E-state index in [-0.39, 0.29) is 19.6 Å². The molecule has 20 heavy (non-hydrogen) atoms. The molecule has 1 aliphatic carbocycles. The summed E-state index contributed by atoms with van der Waals surface area (Å²) in [6, 6.07) is 0. The zero-order valence-electron chi connectivity index (χ0n) is 10.7. The van der Waals surface area contributed by atoms with Crippen molar-refractivity contribution in [1.29, 1.82) is 0 Å². The van der Waals surface area contributed by atoms with E-state index in [1.54, 1.807) is 0 Å². The summed E-state index contributed by atoms with van der Waals surface area (Å²) in [5, 5.41) is 5.11. The Labute approximate surface area is 113 Å². The fourth-order valence-corrected chi connectivity index (χ4v) is 3.71. The third kappa shape index (κ3) is 1.46. The van der Waals surface area contributed by atoms with Crippen LogP contribution in [0.3, 0.4) is 0 Å². The van der Waals surface area contributed by atoms with Crippen LogP contribution >= 0.6 is 0 Å². The summed E-state index contributed by atoms with van der Waals surface area (Å²) in [6.07, 6.45) is -3.75. The molecule has 3 rings (SSSR count). The number of Topliss-reactive ketones (excluding diaryl/α,β-unsaturated/α-hetero) is 1. The second kappa shape index (κ2) is 3.94. The van der Waals surface area contributed by atoms with Gasteiger partial charge in [0.25, 0.3) is 0 Å². The van der Waals surface area contributed by atoms with Gasteiger partial charge in [0.05, 0.1) is 5.92 Å². The van der Waals surface area contributed by atoms with Gasteiger partial charge in [-0.25, -0.2) is 0 Å². The van der Waals surface area contributed by atoms with Gasteiger partial charge in [-0.15, -0.1) is 0 Å². The van der Waals surface area contributed by atoms with Crippen molar-refractivity contribution in [2.24, 2.45) is 23.0 Å². The van der Waals surface area contributed by atoms with Crippen LogP contribution < -0.4 is 16.4 Å². The summed E-state index contributed by atoms with van der Waals surface area (Å²) in [7, 11) is 0. The Morgan fingerprint density at radius 3 is 2.25 bits per heavy atom. The summed E-state index contributed by atoms with van der Waals surface area (Å²) in [6.45, 7) is 0.0456. The van der Waals surface area contributed by atoms with E-state index >= 15 is 0 Å². The number of nitrogens with two attached hydrogens (primary N) is 1. The molecule has 3 atom stereocenters. The van der Waals surface area contributed by atoms with E-state index in [2.05, 4.69) is 10.6 Å². The fourth-order valence-electron chi connectivity index (χ4n) is 3.71. The number of carbonyl (C=O) groups is 2. The molecule has 0 bridgehead atoms. The van der Waals surface area contributed by atoms with Crippen molar-refractivity contribution >= 4 is 11.7 Å². The van der Waals surface area contributed by atoms with Crippen LogP contribution in [-0.2, 0) is 9.59 Å². The van der Waals surface area contributed by atoms with Crippen LogP contribution in [0.25, 0.3) is 0 Å². The lowest BCUT2D eigenvalue weighted by molar-refractivity contribution is -0.258. The summed E-state index contributed by atoms with van der Waals surface area (Å²) in [5.74, 6) is -3.14. The third-order valence-corrected chi connectivity index (χ3v) is 4.96. The maximum atomic E-state index is 13.7. The largest absolute Gasteiger partial charge is 0.414 e. The molecule has 3 fully saturated rings. The second-order valence-corrected chi connectivity index (χ2v) is 5.98. The molecule has 1 spiro atoms. The van der Waals surface area contributed by atoms with E-state index in [0.29, 0.717) is 12.8 Å². The number of carbonyl (C=O) groups excluding carboxylic acids is 2. The minimum atomic E-state index is -4.73. The lowest BCUT2D eigenvalue weighted by atomic mass is 9.54. The molecule has 112 valence electrons. The maximum absolute atomic E-state index is 13.7. The normalized spacial score (nSPS) is 40.6. The monoisotopic (exact) mass is 291 g/mol. The third-order valence-electron chi connectivity index (χ3n) is 4.96. The highest BCUT2D eigenvalue weighted by molar-refractivity contribution is 5.97. The molecule has 2 aliphatic heterocycles. The average Bonchev–Trinajstić information content (AvgIpc) is 3.03. The zero-order chi connectivity index (χ0) is 14.8. The lowest BCUT2D eigenvalue weighted by Crippen LogP contribution is -2.85. The quantitative estimate of drug-likeness (QED) is 0.658. The molecule has 1 amide bonds. The molecular weight excluding hydrogens is 275 g/mol. The molecule has 5 nitrogen and oxygen atoms in total. The summed E-state index contributed by atoms with van der Waals surface area (Å²) in [5.41, 5.74) is 1.16. The minimum absolute atomic E-state index is 0.0222. The van der Waals surface area contributed by atoms with Crippen LogP contribution in [0.5, 0.6) is 0 Å². The zero-order valence-corrected chi connectivity index (χ0v) is 10.7. The number of hydrogen-bond donors (Lipinski definition) is 3. The predicted octanol–water partition coefficient (Wildman–Crippen LogP) is -0.439. The Kier molecular flexibility index (Phi) is 2.72. The van der Waals surface area contributed by atoms with Crippen molar-refractivity contribution < 1.29 is 22.8 Å². The first-order valence-corrected chi connectivity index (χ1v) is 6.62. The van der Waals surface area contributed by atoms with E-state index < -0.39 is 40.7 Å². The van der Waals surface area contributed by atoms with Gasteiger partial charge < -0.3 is 11.1 Å². The van der Waals surface area contributed by atoms with Crippen molar-refractivity contribution in [3.05, 3.63) is 0 Å². The summed E-state index contributed by atoms with van der Waals surface area (Å²) in [4.78, 5) is 23.8. The molecule has 0 radical (unpaired) electrons. The second-order valence-electron chi connectivity index (χ2n) is 5.98. The van der Waals surface area contributed by atoms with Gasteiger partial charge in [0, 0.05) is 31.0 Å². The van der Waals surface area contributed by atoms with Gasteiger partial charge in [-0.05, 0) is 12.8 Å². The molecule has 4 N–H and O–H groups in total. The highest BCUT2D eigenvalue weighted by Gasteiger charge is 2.80. The number of primary amides is 1. The van der Waals surface area contributed by atoms with Crippen molar-refractivity contribution in [2.75, 3.05) is 19.6 Å². The van der Waals surface area contributed by atoms with Crippen LogP contribution in [-0.4, -0.2) is 43.0 Å². The molecule has 8 heteroatoms.